The molecule has 0 fully saturated rings. The molecule has 0 bridgehead atoms. The van der Waals surface area contributed by atoms with Crippen LogP contribution in [-0.4, -0.2) is 34.8 Å². The van der Waals surface area contributed by atoms with E-state index in [2.05, 4.69) is 27.2 Å². The molecule has 7 nitrogen and oxygen atoms in total. The van der Waals surface area contributed by atoms with Gasteiger partial charge in [0.2, 0.25) is 0 Å². The average molecular weight is 349 g/mol. The van der Waals surface area contributed by atoms with E-state index in [1.165, 1.54) is 4.90 Å². The van der Waals surface area contributed by atoms with Gasteiger partial charge in [-0.05, 0) is 44.4 Å². The maximum Gasteiger partial charge on any atom is 0.328 e. The SMILES string of the molecule is CCN(C(=O)NC(=O)C1=C=C=CC=C1)c1cn(C2=CC=CNC2)nc1C. The van der Waals surface area contributed by atoms with Gasteiger partial charge in [0.1, 0.15) is 0 Å². The van der Waals surface area contributed by atoms with Crippen molar-refractivity contribution in [1.29, 1.82) is 0 Å². The third kappa shape index (κ3) is 3.59. The van der Waals surface area contributed by atoms with Crippen LogP contribution in [0.5, 0.6) is 0 Å². The summed E-state index contributed by atoms with van der Waals surface area (Å²) in [6, 6.07) is -0.506. The highest BCUT2D eigenvalue weighted by molar-refractivity contribution is 6.09. The lowest BCUT2D eigenvalue weighted by Crippen LogP contribution is -2.43. The van der Waals surface area contributed by atoms with Crippen LogP contribution in [0.3, 0.4) is 0 Å². The molecule has 0 saturated carbocycles. The first-order valence-electron chi connectivity index (χ1n) is 8.27. The number of carbonyl (C=O) groups is 2. The zero-order valence-electron chi connectivity index (χ0n) is 14.6. The Balaban J connectivity index is 1.80. The summed E-state index contributed by atoms with van der Waals surface area (Å²) < 4.78 is 1.73. The molecule has 0 unspecified atom stereocenters. The van der Waals surface area contributed by atoms with Crippen molar-refractivity contribution in [2.24, 2.45) is 0 Å². The Bertz CT molecular complexity index is 935. The van der Waals surface area contributed by atoms with Gasteiger partial charge in [0, 0.05) is 6.54 Å². The fourth-order valence-electron chi connectivity index (χ4n) is 2.61. The number of hydrogen-bond donors (Lipinski definition) is 2. The van der Waals surface area contributed by atoms with E-state index in [0.717, 1.165) is 5.70 Å². The predicted molar refractivity (Wildman–Crippen MR) is 99.2 cm³/mol. The summed E-state index contributed by atoms with van der Waals surface area (Å²) in [5.41, 5.74) is 7.95. The molecule has 1 aliphatic carbocycles. The average Bonchev–Trinajstić information content (AvgIpc) is 3.05. The number of rotatable bonds is 4. The van der Waals surface area contributed by atoms with Gasteiger partial charge in [0.05, 0.1) is 35.4 Å². The third-order valence-electron chi connectivity index (χ3n) is 3.92. The minimum atomic E-state index is -0.514. The molecule has 0 atom stereocenters. The van der Waals surface area contributed by atoms with Gasteiger partial charge in [-0.1, -0.05) is 17.5 Å². The Kier molecular flexibility index (Phi) is 5.04. The largest absolute Gasteiger partial charge is 0.385 e. The second-order valence-corrected chi connectivity index (χ2v) is 5.65. The maximum absolute atomic E-state index is 12.6. The summed E-state index contributed by atoms with van der Waals surface area (Å²) in [5, 5.41) is 9.98. The quantitative estimate of drug-likeness (QED) is 0.815. The van der Waals surface area contributed by atoms with Crippen LogP contribution in [0, 0.1) is 6.92 Å². The summed E-state index contributed by atoms with van der Waals surface area (Å²) in [5.74, 6) is -0.514. The zero-order valence-corrected chi connectivity index (χ0v) is 14.6. The van der Waals surface area contributed by atoms with Crippen molar-refractivity contribution in [2.75, 3.05) is 18.0 Å². The van der Waals surface area contributed by atoms with Gasteiger partial charge in [-0.2, -0.15) is 5.10 Å². The maximum atomic E-state index is 12.6. The molecule has 2 heterocycles. The van der Waals surface area contributed by atoms with Crippen molar-refractivity contribution >= 4 is 23.3 Å². The molecule has 2 aliphatic rings. The van der Waals surface area contributed by atoms with Crippen molar-refractivity contribution in [3.8, 4) is 0 Å². The first-order valence-corrected chi connectivity index (χ1v) is 8.27. The van der Waals surface area contributed by atoms with Crippen molar-refractivity contribution in [1.82, 2.24) is 20.4 Å². The normalized spacial score (nSPS) is 14.5. The van der Waals surface area contributed by atoms with E-state index in [9.17, 15) is 9.59 Å². The first kappa shape index (κ1) is 17.3. The van der Waals surface area contributed by atoms with E-state index in [0.29, 0.717) is 24.5 Å². The van der Waals surface area contributed by atoms with E-state index in [4.69, 9.17) is 0 Å². The smallest absolute Gasteiger partial charge is 0.328 e. The van der Waals surface area contributed by atoms with Crippen molar-refractivity contribution in [3.05, 3.63) is 65.5 Å². The Morgan fingerprint density at radius 1 is 1.42 bits per heavy atom. The van der Waals surface area contributed by atoms with E-state index in [1.807, 2.05) is 32.2 Å². The highest BCUT2D eigenvalue weighted by Crippen LogP contribution is 2.21. The van der Waals surface area contributed by atoms with E-state index in [-0.39, 0.29) is 5.57 Å². The van der Waals surface area contributed by atoms with Gasteiger partial charge < -0.3 is 5.32 Å². The number of aryl methyl sites for hydroxylation is 1. The molecule has 26 heavy (non-hydrogen) atoms. The van der Waals surface area contributed by atoms with Gasteiger partial charge in [-0.3, -0.25) is 15.0 Å². The molecule has 1 aromatic heterocycles. The topological polar surface area (TPSA) is 79.3 Å². The lowest BCUT2D eigenvalue weighted by atomic mass is 10.2. The Labute approximate surface area is 151 Å². The van der Waals surface area contributed by atoms with Crippen LogP contribution < -0.4 is 15.5 Å². The van der Waals surface area contributed by atoms with Gasteiger partial charge in [-0.25, -0.2) is 9.48 Å². The summed E-state index contributed by atoms with van der Waals surface area (Å²) >= 11 is 0. The predicted octanol–water partition coefficient (Wildman–Crippen LogP) is 2.02. The van der Waals surface area contributed by atoms with Crippen molar-refractivity contribution in [3.63, 3.8) is 0 Å². The second kappa shape index (κ2) is 7.57. The summed E-state index contributed by atoms with van der Waals surface area (Å²) in [4.78, 5) is 26.3. The molecule has 2 N–H and O–H groups in total. The fourth-order valence-corrected chi connectivity index (χ4v) is 2.61. The molecule has 0 radical (unpaired) electrons. The Morgan fingerprint density at radius 3 is 2.92 bits per heavy atom. The molecule has 7 heteroatoms. The Morgan fingerprint density at radius 2 is 2.27 bits per heavy atom. The molecule has 1 aromatic rings. The number of amides is 3. The van der Waals surface area contributed by atoms with Crippen LogP contribution in [0.4, 0.5) is 10.5 Å². The molecule has 132 valence electrons. The van der Waals surface area contributed by atoms with Crippen LogP contribution in [-0.2, 0) is 4.79 Å². The summed E-state index contributed by atoms with van der Waals surface area (Å²) in [6.45, 7) is 4.71. The van der Waals surface area contributed by atoms with Gasteiger partial charge in [0.15, 0.2) is 0 Å². The number of allylic oxidation sites excluding steroid dienone is 4. The van der Waals surface area contributed by atoms with Gasteiger partial charge in [-0.15, -0.1) is 0 Å². The van der Waals surface area contributed by atoms with Crippen molar-refractivity contribution in [2.45, 2.75) is 13.8 Å². The van der Waals surface area contributed by atoms with E-state index >= 15 is 0 Å². The van der Waals surface area contributed by atoms with Gasteiger partial charge in [0.25, 0.3) is 5.91 Å². The molecule has 3 rings (SSSR count). The van der Waals surface area contributed by atoms with E-state index in [1.54, 1.807) is 29.1 Å². The number of carbonyl (C=O) groups excluding carboxylic acids is 2. The molecule has 1 aliphatic heterocycles. The first-order chi connectivity index (χ1) is 12.6. The molecular formula is C19H19N5O2. The molecule has 0 saturated heterocycles. The number of anilines is 1. The van der Waals surface area contributed by atoms with Crippen LogP contribution in [0.25, 0.3) is 5.70 Å². The standard InChI is InChI=1S/C19H19N5O2/c1-3-23(19(26)21-18(25)15-8-5-4-6-9-15)17-13-24(22-14(17)2)16-10-7-11-20-12-16/h4-5,7-8,10-11,13,20H,3,12H2,1-2H3,(H,21,25,26). The number of urea groups is 1. The second-order valence-electron chi connectivity index (χ2n) is 5.65. The van der Waals surface area contributed by atoms with E-state index < -0.39 is 11.9 Å². The molecule has 0 aromatic carbocycles. The Hall–Kier alpha value is -3.53. The highest BCUT2D eigenvalue weighted by atomic mass is 16.2. The number of dihydropyridines is 1. The van der Waals surface area contributed by atoms with Crippen LogP contribution in [0.2, 0.25) is 0 Å². The monoisotopic (exact) mass is 349 g/mol. The molecule has 3 amide bonds. The number of hydrogen-bond acceptors (Lipinski definition) is 4. The number of nitrogens with one attached hydrogen (secondary N) is 2. The number of aromatic nitrogens is 2. The molecular weight excluding hydrogens is 330 g/mol. The summed E-state index contributed by atoms with van der Waals surface area (Å²) in [6.07, 6.45) is 12.4. The van der Waals surface area contributed by atoms with Crippen LogP contribution >= 0.6 is 0 Å². The summed E-state index contributed by atoms with van der Waals surface area (Å²) in [7, 11) is 0. The van der Waals surface area contributed by atoms with Crippen LogP contribution in [0.1, 0.15) is 12.6 Å². The van der Waals surface area contributed by atoms with Gasteiger partial charge >= 0.3 is 6.03 Å². The zero-order chi connectivity index (χ0) is 18.5. The minimum absolute atomic E-state index is 0.259. The minimum Gasteiger partial charge on any atom is -0.385 e. The van der Waals surface area contributed by atoms with Crippen LogP contribution in [0.15, 0.2) is 59.8 Å². The third-order valence-corrected chi connectivity index (χ3v) is 3.92. The number of imide groups is 1. The highest BCUT2D eigenvalue weighted by Gasteiger charge is 2.22. The lowest BCUT2D eigenvalue weighted by Gasteiger charge is -2.20. The van der Waals surface area contributed by atoms with Crippen molar-refractivity contribution < 1.29 is 9.59 Å². The number of nitrogens with zero attached hydrogens (tertiary/aromatic N) is 3. The lowest BCUT2D eigenvalue weighted by molar-refractivity contribution is -0.116. The fraction of sp³-hybridized carbons (Fsp3) is 0.211. The molecule has 0 spiro atoms.